The van der Waals surface area contributed by atoms with Gasteiger partial charge in [0, 0.05) is 6.04 Å². The minimum atomic E-state index is -0.371. The van der Waals surface area contributed by atoms with Crippen molar-refractivity contribution in [2.24, 2.45) is 11.7 Å². The van der Waals surface area contributed by atoms with Crippen molar-refractivity contribution in [3.05, 3.63) is 0 Å². The molecule has 1 saturated carbocycles. The lowest BCUT2D eigenvalue weighted by molar-refractivity contribution is -0.159. The summed E-state index contributed by atoms with van der Waals surface area (Å²) < 4.78 is 5.28. The highest BCUT2D eigenvalue weighted by atomic mass is 35.5. The Hall–Kier alpha value is -0.280. The van der Waals surface area contributed by atoms with Gasteiger partial charge < -0.3 is 10.5 Å². The molecule has 0 aromatic rings. The molecule has 0 aromatic heterocycles. The van der Waals surface area contributed by atoms with Gasteiger partial charge in [-0.2, -0.15) is 0 Å². The molecular weight excluding hydrogens is 202 g/mol. The Kier molecular flexibility index (Phi) is 4.89. The third-order valence-corrected chi connectivity index (χ3v) is 2.21. The third kappa shape index (κ3) is 4.29. The largest absolute Gasteiger partial charge is 0.460 e. The molecule has 2 N–H and O–H groups in total. The van der Waals surface area contributed by atoms with E-state index in [4.69, 9.17) is 10.5 Å². The summed E-state index contributed by atoms with van der Waals surface area (Å²) in [7, 11) is 0. The first-order valence-corrected chi connectivity index (χ1v) is 4.87. The number of hydrogen-bond acceptors (Lipinski definition) is 3. The Labute approximate surface area is 91.8 Å². The Bertz CT molecular complexity index is 201. The van der Waals surface area contributed by atoms with E-state index in [0.29, 0.717) is 0 Å². The van der Waals surface area contributed by atoms with Crippen LogP contribution in [0.2, 0.25) is 0 Å². The van der Waals surface area contributed by atoms with E-state index in [1.54, 1.807) is 0 Å². The zero-order chi connectivity index (χ0) is 10.1. The van der Waals surface area contributed by atoms with Gasteiger partial charge in [-0.1, -0.05) is 0 Å². The zero-order valence-electron chi connectivity index (χ0n) is 9.08. The van der Waals surface area contributed by atoms with E-state index in [9.17, 15) is 4.79 Å². The second kappa shape index (κ2) is 4.99. The van der Waals surface area contributed by atoms with Crippen LogP contribution < -0.4 is 5.73 Å². The van der Waals surface area contributed by atoms with Crippen molar-refractivity contribution in [2.75, 3.05) is 0 Å². The predicted molar refractivity (Wildman–Crippen MR) is 58.4 cm³/mol. The standard InChI is InChI=1S/C10H19NO2.ClH/c1-10(2,3)13-9(12)7-4-5-8(11)6-7;/h7-8H,4-6,11H2,1-3H3;1H/t7-,8+;/m1./s1. The Morgan fingerprint density at radius 3 is 2.29 bits per heavy atom. The summed E-state index contributed by atoms with van der Waals surface area (Å²) in [5.74, 6) is -0.0466. The van der Waals surface area contributed by atoms with Crippen molar-refractivity contribution in [1.82, 2.24) is 0 Å². The van der Waals surface area contributed by atoms with Crippen LogP contribution in [0.4, 0.5) is 0 Å². The molecule has 1 rings (SSSR count). The first kappa shape index (κ1) is 13.7. The smallest absolute Gasteiger partial charge is 0.309 e. The molecule has 0 spiro atoms. The summed E-state index contributed by atoms with van der Waals surface area (Å²) in [4.78, 5) is 11.5. The van der Waals surface area contributed by atoms with Gasteiger partial charge >= 0.3 is 5.97 Å². The van der Waals surface area contributed by atoms with Crippen molar-refractivity contribution >= 4 is 18.4 Å². The van der Waals surface area contributed by atoms with Crippen molar-refractivity contribution in [2.45, 2.75) is 51.7 Å². The van der Waals surface area contributed by atoms with E-state index < -0.39 is 0 Å². The van der Waals surface area contributed by atoms with Crippen LogP contribution in [-0.4, -0.2) is 17.6 Å². The average molecular weight is 222 g/mol. The number of hydrogen-bond donors (Lipinski definition) is 1. The molecule has 0 aliphatic heterocycles. The highest BCUT2D eigenvalue weighted by Crippen LogP contribution is 2.26. The van der Waals surface area contributed by atoms with E-state index >= 15 is 0 Å². The Morgan fingerprint density at radius 1 is 1.36 bits per heavy atom. The topological polar surface area (TPSA) is 52.3 Å². The number of nitrogens with two attached hydrogens (primary N) is 1. The normalized spacial score (nSPS) is 26.9. The molecule has 1 aliphatic carbocycles. The molecule has 0 radical (unpaired) electrons. The summed E-state index contributed by atoms with van der Waals surface area (Å²) in [6.45, 7) is 5.67. The first-order valence-electron chi connectivity index (χ1n) is 4.87. The summed E-state index contributed by atoms with van der Waals surface area (Å²) >= 11 is 0. The van der Waals surface area contributed by atoms with Gasteiger partial charge in [-0.25, -0.2) is 0 Å². The fourth-order valence-electron chi connectivity index (χ4n) is 1.62. The Morgan fingerprint density at radius 2 is 1.93 bits per heavy atom. The number of esters is 1. The molecule has 0 aromatic carbocycles. The summed E-state index contributed by atoms with van der Waals surface area (Å²) in [5.41, 5.74) is 5.35. The van der Waals surface area contributed by atoms with Gasteiger partial charge in [-0.3, -0.25) is 4.79 Å². The number of ether oxygens (including phenoxy) is 1. The van der Waals surface area contributed by atoms with E-state index in [-0.39, 0.29) is 35.9 Å². The molecule has 1 fully saturated rings. The first-order chi connectivity index (χ1) is 5.88. The quantitative estimate of drug-likeness (QED) is 0.688. The van der Waals surface area contributed by atoms with Gasteiger partial charge in [0.05, 0.1) is 5.92 Å². The minimum Gasteiger partial charge on any atom is -0.460 e. The molecule has 4 heteroatoms. The molecule has 0 bridgehead atoms. The lowest BCUT2D eigenvalue weighted by Gasteiger charge is -2.21. The fourth-order valence-corrected chi connectivity index (χ4v) is 1.62. The molecule has 0 heterocycles. The maximum atomic E-state index is 11.5. The van der Waals surface area contributed by atoms with Crippen LogP contribution >= 0.6 is 12.4 Å². The molecule has 14 heavy (non-hydrogen) atoms. The van der Waals surface area contributed by atoms with Crippen molar-refractivity contribution < 1.29 is 9.53 Å². The second-order valence-electron chi connectivity index (χ2n) is 4.80. The average Bonchev–Trinajstić information content (AvgIpc) is 2.31. The molecule has 3 nitrogen and oxygen atoms in total. The number of carbonyl (C=O) groups is 1. The van der Waals surface area contributed by atoms with Gasteiger partial charge in [0.1, 0.15) is 5.60 Å². The molecule has 1 aliphatic rings. The molecule has 0 unspecified atom stereocenters. The summed E-state index contributed by atoms with van der Waals surface area (Å²) in [6, 6.07) is 0.192. The van der Waals surface area contributed by atoms with Crippen LogP contribution in [0.1, 0.15) is 40.0 Å². The van der Waals surface area contributed by atoms with E-state index in [1.165, 1.54) is 0 Å². The third-order valence-electron chi connectivity index (χ3n) is 2.21. The van der Waals surface area contributed by atoms with Crippen molar-refractivity contribution in [3.63, 3.8) is 0 Å². The Balaban J connectivity index is 0.00000169. The van der Waals surface area contributed by atoms with Gasteiger partial charge in [0.25, 0.3) is 0 Å². The lowest BCUT2D eigenvalue weighted by atomic mass is 10.1. The van der Waals surface area contributed by atoms with E-state index in [0.717, 1.165) is 19.3 Å². The van der Waals surface area contributed by atoms with Gasteiger partial charge in [0.15, 0.2) is 0 Å². The number of carbonyl (C=O) groups excluding carboxylic acids is 1. The van der Waals surface area contributed by atoms with Gasteiger partial charge in [-0.15, -0.1) is 12.4 Å². The minimum absolute atomic E-state index is 0. The van der Waals surface area contributed by atoms with Gasteiger partial charge in [0.2, 0.25) is 0 Å². The van der Waals surface area contributed by atoms with Crippen LogP contribution in [0.5, 0.6) is 0 Å². The number of rotatable bonds is 1. The highest BCUT2D eigenvalue weighted by molar-refractivity contribution is 5.85. The van der Waals surface area contributed by atoms with E-state index in [2.05, 4.69) is 0 Å². The lowest BCUT2D eigenvalue weighted by Crippen LogP contribution is -2.28. The molecule has 0 saturated heterocycles. The molecule has 84 valence electrons. The maximum Gasteiger partial charge on any atom is 0.309 e. The van der Waals surface area contributed by atoms with Crippen LogP contribution in [-0.2, 0) is 9.53 Å². The van der Waals surface area contributed by atoms with Crippen LogP contribution in [0, 0.1) is 5.92 Å². The molecular formula is C10H20ClNO2. The molecule has 2 atom stereocenters. The van der Waals surface area contributed by atoms with E-state index in [1.807, 2.05) is 20.8 Å². The maximum absolute atomic E-state index is 11.5. The monoisotopic (exact) mass is 221 g/mol. The highest BCUT2D eigenvalue weighted by Gasteiger charge is 2.31. The predicted octanol–water partition coefficient (Wildman–Crippen LogP) is 1.88. The second-order valence-corrected chi connectivity index (χ2v) is 4.80. The van der Waals surface area contributed by atoms with Crippen LogP contribution in [0.25, 0.3) is 0 Å². The fraction of sp³-hybridized carbons (Fsp3) is 0.900. The van der Waals surface area contributed by atoms with Crippen molar-refractivity contribution in [3.8, 4) is 0 Å². The zero-order valence-corrected chi connectivity index (χ0v) is 9.89. The molecule has 0 amide bonds. The van der Waals surface area contributed by atoms with Crippen molar-refractivity contribution in [1.29, 1.82) is 0 Å². The summed E-state index contributed by atoms with van der Waals surface area (Å²) in [5, 5.41) is 0. The van der Waals surface area contributed by atoms with Crippen LogP contribution in [0.15, 0.2) is 0 Å². The SMILES string of the molecule is CC(C)(C)OC(=O)[C@@H]1CC[C@H](N)C1.Cl. The number of halogens is 1. The summed E-state index contributed by atoms with van der Waals surface area (Å²) in [6.07, 6.45) is 2.62. The van der Waals surface area contributed by atoms with Gasteiger partial charge in [-0.05, 0) is 40.0 Å². The van der Waals surface area contributed by atoms with Crippen LogP contribution in [0.3, 0.4) is 0 Å².